The second-order valence-corrected chi connectivity index (χ2v) is 11.3. The van der Waals surface area contributed by atoms with Crippen molar-refractivity contribution in [2.45, 2.75) is 35.5 Å². The third kappa shape index (κ3) is 4.00. The van der Waals surface area contributed by atoms with Gasteiger partial charge in [0.15, 0.2) is 0 Å². The van der Waals surface area contributed by atoms with Crippen molar-refractivity contribution in [3.05, 3.63) is 78.4 Å². The molecule has 3 saturated heterocycles. The van der Waals surface area contributed by atoms with Crippen molar-refractivity contribution < 1.29 is 24.2 Å². The molecule has 6 atom stereocenters. The summed E-state index contributed by atoms with van der Waals surface area (Å²) in [7, 11) is 0. The molecule has 3 N–H and O–H groups in total. The predicted octanol–water partition coefficient (Wildman–Crippen LogP) is 2.83. The summed E-state index contributed by atoms with van der Waals surface area (Å²) in [6, 6.07) is 22.0. The number of β-amino-alcohol motifs (C(OH)–C–C–N with tert-alkyl or cyclic N) is 1. The Hall–Kier alpha value is -3.27. The molecule has 0 aromatic heterocycles. The molecule has 0 saturated carbocycles. The molecule has 0 aliphatic carbocycles. The van der Waals surface area contributed by atoms with Crippen LogP contribution in [0.25, 0.3) is 10.8 Å². The lowest BCUT2D eigenvalue weighted by atomic mass is 9.70. The monoisotopic (exact) mass is 577 g/mol. The topological polar surface area (TPSA) is 108 Å². The maximum atomic E-state index is 13.8. The molecule has 3 aromatic rings. The maximum absolute atomic E-state index is 13.8. The quantitative estimate of drug-likeness (QED) is 0.374. The molecule has 3 heterocycles. The molecular formula is C29H28BrN3O5. The zero-order valence-electron chi connectivity index (χ0n) is 20.5. The van der Waals surface area contributed by atoms with Crippen molar-refractivity contribution in [1.29, 1.82) is 0 Å². The number of hydrogen-bond donors (Lipinski definition) is 3. The molecule has 6 rings (SSSR count). The highest BCUT2D eigenvalue weighted by molar-refractivity contribution is 9.09. The number of hydrogen-bond acceptors (Lipinski definition) is 5. The molecule has 3 unspecified atom stereocenters. The Labute approximate surface area is 228 Å². The number of halogens is 1. The summed E-state index contributed by atoms with van der Waals surface area (Å²) < 4.78 is 6.46. The Balaban J connectivity index is 1.29. The standard InChI is InChI=1S/C29H28BrN3O5/c30-21-15-29-23(22(24(21)38-29)26(35)31-16-17-6-2-1-3-7-17)28(37)33(12-13-34)25(29)27(36)32-20-11-10-18-8-4-5-9-19(18)14-20/h1-11,14,21-25,34H,12-13,15-16H2,(H,31,35)(H,32,36)/t21?,22-,23+,24-,25?,29?/m1/s1. The van der Waals surface area contributed by atoms with E-state index >= 15 is 0 Å². The summed E-state index contributed by atoms with van der Waals surface area (Å²) in [6.45, 7) is 0.00253. The highest BCUT2D eigenvalue weighted by Gasteiger charge is 2.76. The molecule has 9 heteroatoms. The largest absolute Gasteiger partial charge is 0.395 e. The summed E-state index contributed by atoms with van der Waals surface area (Å²) in [5.74, 6) is -2.56. The van der Waals surface area contributed by atoms with Gasteiger partial charge in [-0.1, -0.05) is 76.6 Å². The minimum atomic E-state index is -1.17. The lowest BCUT2D eigenvalue weighted by Crippen LogP contribution is -2.54. The van der Waals surface area contributed by atoms with Crippen LogP contribution in [0.5, 0.6) is 0 Å². The van der Waals surface area contributed by atoms with Crippen LogP contribution in [0.1, 0.15) is 12.0 Å². The number of fused-ring (bicyclic) bond motifs is 2. The predicted molar refractivity (Wildman–Crippen MR) is 145 cm³/mol. The smallest absolute Gasteiger partial charge is 0.250 e. The van der Waals surface area contributed by atoms with Crippen molar-refractivity contribution in [3.8, 4) is 0 Å². The number of rotatable bonds is 7. The molecule has 196 valence electrons. The number of aliphatic hydroxyl groups excluding tert-OH is 1. The van der Waals surface area contributed by atoms with Crippen LogP contribution in [0, 0.1) is 11.8 Å². The number of amides is 3. The summed E-state index contributed by atoms with van der Waals surface area (Å²) in [5, 5.41) is 17.7. The fraction of sp³-hybridized carbons (Fsp3) is 0.345. The van der Waals surface area contributed by atoms with Gasteiger partial charge in [-0.15, -0.1) is 0 Å². The van der Waals surface area contributed by atoms with E-state index in [-0.39, 0.29) is 29.8 Å². The fourth-order valence-electron chi connectivity index (χ4n) is 6.46. The molecule has 3 aliphatic heterocycles. The fourth-order valence-corrected chi connectivity index (χ4v) is 7.40. The van der Waals surface area contributed by atoms with Crippen LogP contribution in [0.2, 0.25) is 0 Å². The average molecular weight is 578 g/mol. The van der Waals surface area contributed by atoms with Gasteiger partial charge >= 0.3 is 0 Å². The number of nitrogens with zero attached hydrogens (tertiary/aromatic N) is 1. The first-order valence-electron chi connectivity index (χ1n) is 12.8. The Bertz CT molecular complexity index is 1400. The third-order valence-electron chi connectivity index (χ3n) is 8.01. The normalized spacial score (nSPS) is 29.5. The van der Waals surface area contributed by atoms with Gasteiger partial charge in [-0.25, -0.2) is 0 Å². The number of alkyl halides is 1. The van der Waals surface area contributed by atoms with Crippen LogP contribution in [0.3, 0.4) is 0 Å². The molecular weight excluding hydrogens is 550 g/mol. The van der Waals surface area contributed by atoms with Crippen LogP contribution in [0.15, 0.2) is 72.8 Å². The first kappa shape index (κ1) is 25.0. The molecule has 3 aromatic carbocycles. The number of anilines is 1. The van der Waals surface area contributed by atoms with Gasteiger partial charge in [0, 0.05) is 23.6 Å². The van der Waals surface area contributed by atoms with Crippen LogP contribution in [-0.2, 0) is 25.7 Å². The summed E-state index contributed by atoms with van der Waals surface area (Å²) in [5.41, 5.74) is 0.383. The number of likely N-dealkylation sites (tertiary alicyclic amines) is 1. The summed E-state index contributed by atoms with van der Waals surface area (Å²) in [6.07, 6.45) is -0.124. The van der Waals surface area contributed by atoms with Crippen molar-refractivity contribution in [2.24, 2.45) is 11.8 Å². The molecule has 3 aliphatic rings. The lowest BCUT2D eigenvalue weighted by Gasteiger charge is -2.34. The maximum Gasteiger partial charge on any atom is 0.250 e. The molecule has 3 fully saturated rings. The van der Waals surface area contributed by atoms with Gasteiger partial charge in [-0.05, 0) is 34.9 Å². The second kappa shape index (κ2) is 9.80. The van der Waals surface area contributed by atoms with E-state index in [0.717, 1.165) is 16.3 Å². The molecule has 1 spiro atoms. The number of carbonyl (C=O) groups is 3. The Morgan fingerprint density at radius 3 is 2.53 bits per heavy atom. The van der Waals surface area contributed by atoms with E-state index in [1.807, 2.05) is 72.8 Å². The first-order valence-corrected chi connectivity index (χ1v) is 13.7. The number of ether oxygens (including phenoxy) is 1. The summed E-state index contributed by atoms with van der Waals surface area (Å²) >= 11 is 3.66. The third-order valence-corrected chi connectivity index (χ3v) is 8.85. The van der Waals surface area contributed by atoms with E-state index in [4.69, 9.17) is 4.74 Å². The minimum absolute atomic E-state index is 0.0216. The molecule has 8 nitrogen and oxygen atoms in total. The minimum Gasteiger partial charge on any atom is -0.395 e. The van der Waals surface area contributed by atoms with E-state index in [0.29, 0.717) is 18.7 Å². The Morgan fingerprint density at radius 2 is 1.76 bits per heavy atom. The SMILES string of the molecule is O=C(Nc1ccc2ccccc2c1)C1N(CCO)C(=O)[C@@H]2[C@@H](C(=O)NCc3ccccc3)[C@@H]3OC12CC3Br. The van der Waals surface area contributed by atoms with E-state index in [9.17, 15) is 19.5 Å². The van der Waals surface area contributed by atoms with Gasteiger partial charge in [-0.2, -0.15) is 0 Å². The Morgan fingerprint density at radius 1 is 1.03 bits per heavy atom. The zero-order valence-corrected chi connectivity index (χ0v) is 22.1. The number of benzene rings is 3. The van der Waals surface area contributed by atoms with Crippen LogP contribution >= 0.6 is 15.9 Å². The lowest BCUT2D eigenvalue weighted by molar-refractivity contribution is -0.141. The zero-order chi connectivity index (χ0) is 26.4. The van der Waals surface area contributed by atoms with Gasteiger partial charge < -0.3 is 25.4 Å². The average Bonchev–Trinajstić information content (AvgIpc) is 3.51. The van der Waals surface area contributed by atoms with E-state index in [2.05, 4.69) is 26.6 Å². The van der Waals surface area contributed by atoms with Crippen LogP contribution in [0.4, 0.5) is 5.69 Å². The van der Waals surface area contributed by atoms with Crippen molar-refractivity contribution in [3.63, 3.8) is 0 Å². The van der Waals surface area contributed by atoms with Crippen LogP contribution < -0.4 is 10.6 Å². The second-order valence-electron chi connectivity index (χ2n) is 10.2. The highest BCUT2D eigenvalue weighted by atomic mass is 79.9. The number of aliphatic hydroxyl groups is 1. The van der Waals surface area contributed by atoms with Crippen LogP contribution in [-0.4, -0.2) is 63.5 Å². The van der Waals surface area contributed by atoms with E-state index in [1.165, 1.54) is 4.90 Å². The highest BCUT2D eigenvalue weighted by Crippen LogP contribution is 2.60. The van der Waals surface area contributed by atoms with Gasteiger partial charge in [0.1, 0.15) is 11.6 Å². The van der Waals surface area contributed by atoms with Crippen molar-refractivity contribution in [1.82, 2.24) is 10.2 Å². The molecule has 2 bridgehead atoms. The van der Waals surface area contributed by atoms with E-state index < -0.39 is 35.5 Å². The van der Waals surface area contributed by atoms with Gasteiger partial charge in [0.05, 0.1) is 24.5 Å². The number of nitrogens with one attached hydrogen (secondary N) is 2. The van der Waals surface area contributed by atoms with Gasteiger partial charge in [0.2, 0.25) is 17.7 Å². The van der Waals surface area contributed by atoms with Gasteiger partial charge in [-0.3, -0.25) is 14.4 Å². The summed E-state index contributed by atoms with van der Waals surface area (Å²) in [4.78, 5) is 42.2. The van der Waals surface area contributed by atoms with E-state index in [1.54, 1.807) is 0 Å². The van der Waals surface area contributed by atoms with Gasteiger partial charge in [0.25, 0.3) is 0 Å². The molecule has 0 radical (unpaired) electrons. The number of carbonyl (C=O) groups excluding carboxylic acids is 3. The first-order chi connectivity index (χ1) is 18.4. The molecule has 3 amide bonds. The Kier molecular flexibility index (Phi) is 6.45. The van der Waals surface area contributed by atoms with Crippen molar-refractivity contribution >= 4 is 50.1 Å². The van der Waals surface area contributed by atoms with Crippen molar-refractivity contribution in [2.75, 3.05) is 18.5 Å². The molecule has 38 heavy (non-hydrogen) atoms.